The Morgan fingerprint density at radius 3 is 2.43 bits per heavy atom. The molecule has 2 atom stereocenters. The van der Waals surface area contributed by atoms with Crippen molar-refractivity contribution in [2.45, 2.75) is 18.9 Å². The van der Waals surface area contributed by atoms with Gasteiger partial charge in [0.25, 0.3) is 0 Å². The van der Waals surface area contributed by atoms with Gasteiger partial charge in [-0.1, -0.05) is 37.3 Å². The first-order chi connectivity index (χ1) is 6.66. The minimum absolute atomic E-state index is 0.0244. The maximum Gasteiger partial charge on any atom is 0.323 e. The Balaban J connectivity index is 2.75. The first-order valence-electron chi connectivity index (χ1n) is 4.55. The van der Waals surface area contributed by atoms with E-state index in [2.05, 4.69) is 4.74 Å². The fraction of sp³-hybridized carbons (Fsp3) is 0.364. The van der Waals surface area contributed by atoms with E-state index < -0.39 is 6.04 Å². The Morgan fingerprint density at radius 2 is 1.93 bits per heavy atom. The normalized spacial score (nSPS) is 14.5. The highest BCUT2D eigenvalue weighted by molar-refractivity contribution is 5.76. The Hall–Kier alpha value is -1.35. The molecule has 0 aromatic heterocycles. The van der Waals surface area contributed by atoms with Crippen LogP contribution in [-0.2, 0) is 9.53 Å². The van der Waals surface area contributed by atoms with Crippen LogP contribution < -0.4 is 5.73 Å². The van der Waals surface area contributed by atoms with E-state index in [-0.39, 0.29) is 11.9 Å². The van der Waals surface area contributed by atoms with Crippen LogP contribution in [0.25, 0.3) is 0 Å². The van der Waals surface area contributed by atoms with Crippen LogP contribution in [0.2, 0.25) is 0 Å². The molecule has 1 aromatic carbocycles. The summed E-state index contributed by atoms with van der Waals surface area (Å²) in [6, 6.07) is 9.09. The molecule has 0 spiro atoms. The van der Waals surface area contributed by atoms with Crippen molar-refractivity contribution >= 4 is 5.97 Å². The highest BCUT2D eigenvalue weighted by atomic mass is 16.5. The van der Waals surface area contributed by atoms with E-state index >= 15 is 0 Å². The maximum atomic E-state index is 11.2. The first kappa shape index (κ1) is 10.7. The number of carbonyl (C=O) groups is 1. The van der Waals surface area contributed by atoms with Gasteiger partial charge in [0.2, 0.25) is 0 Å². The fourth-order valence-corrected chi connectivity index (χ4v) is 1.30. The number of hydrogen-bond acceptors (Lipinski definition) is 3. The van der Waals surface area contributed by atoms with Gasteiger partial charge in [0.15, 0.2) is 0 Å². The smallest absolute Gasteiger partial charge is 0.323 e. The van der Waals surface area contributed by atoms with Crippen LogP contribution >= 0.6 is 0 Å². The highest BCUT2D eigenvalue weighted by Gasteiger charge is 2.22. The van der Waals surface area contributed by atoms with Gasteiger partial charge in [-0.15, -0.1) is 0 Å². The minimum atomic E-state index is -0.595. The summed E-state index contributed by atoms with van der Waals surface area (Å²) in [7, 11) is 1.35. The average molecular weight is 193 g/mol. The molecule has 0 heterocycles. The lowest BCUT2D eigenvalue weighted by Crippen LogP contribution is -2.36. The van der Waals surface area contributed by atoms with Crippen LogP contribution in [-0.4, -0.2) is 19.1 Å². The third-order valence-electron chi connectivity index (χ3n) is 2.34. The zero-order chi connectivity index (χ0) is 10.6. The Kier molecular flexibility index (Phi) is 3.65. The number of hydrogen-bond donors (Lipinski definition) is 1. The standard InChI is InChI=1S/C11H15NO2/c1-8(10(12)11(13)14-2)9-6-4-3-5-7-9/h3-8,10H,12H2,1-2H3/t8-,10-/m0/s1. The average Bonchev–Trinajstić information content (AvgIpc) is 2.27. The summed E-state index contributed by atoms with van der Waals surface area (Å²) < 4.78 is 4.59. The zero-order valence-corrected chi connectivity index (χ0v) is 8.44. The van der Waals surface area contributed by atoms with Crippen molar-refractivity contribution < 1.29 is 9.53 Å². The second-order valence-electron chi connectivity index (χ2n) is 3.25. The summed E-state index contributed by atoms with van der Waals surface area (Å²) in [6.45, 7) is 1.91. The SMILES string of the molecule is COC(=O)[C@@H](N)[C@@H](C)c1ccccc1. The van der Waals surface area contributed by atoms with Crippen molar-refractivity contribution in [2.75, 3.05) is 7.11 Å². The van der Waals surface area contributed by atoms with Crippen molar-refractivity contribution in [3.05, 3.63) is 35.9 Å². The predicted octanol–water partition coefficient (Wildman–Crippen LogP) is 1.29. The summed E-state index contributed by atoms with van der Waals surface area (Å²) in [5.41, 5.74) is 6.78. The summed E-state index contributed by atoms with van der Waals surface area (Å²) in [4.78, 5) is 11.2. The Bertz CT molecular complexity index is 297. The molecular weight excluding hydrogens is 178 g/mol. The second-order valence-corrected chi connectivity index (χ2v) is 3.25. The van der Waals surface area contributed by atoms with Gasteiger partial charge in [-0.3, -0.25) is 4.79 Å². The summed E-state index contributed by atoms with van der Waals surface area (Å²) in [5, 5.41) is 0. The van der Waals surface area contributed by atoms with Crippen molar-refractivity contribution in [3.8, 4) is 0 Å². The number of esters is 1. The van der Waals surface area contributed by atoms with Gasteiger partial charge in [-0.2, -0.15) is 0 Å². The maximum absolute atomic E-state index is 11.2. The fourth-order valence-electron chi connectivity index (χ4n) is 1.30. The van der Waals surface area contributed by atoms with Gasteiger partial charge in [0, 0.05) is 5.92 Å². The first-order valence-corrected chi connectivity index (χ1v) is 4.55. The van der Waals surface area contributed by atoms with Crippen LogP contribution in [0.15, 0.2) is 30.3 Å². The molecule has 0 saturated heterocycles. The lowest BCUT2D eigenvalue weighted by molar-refractivity contribution is -0.142. The van der Waals surface area contributed by atoms with Gasteiger partial charge >= 0.3 is 5.97 Å². The van der Waals surface area contributed by atoms with Crippen LogP contribution in [0.1, 0.15) is 18.4 Å². The third-order valence-corrected chi connectivity index (χ3v) is 2.34. The van der Waals surface area contributed by atoms with Crippen LogP contribution in [0.3, 0.4) is 0 Å². The van der Waals surface area contributed by atoms with Gasteiger partial charge < -0.3 is 10.5 Å². The number of carbonyl (C=O) groups excluding carboxylic acids is 1. The molecule has 14 heavy (non-hydrogen) atoms. The van der Waals surface area contributed by atoms with Gasteiger partial charge in [0.05, 0.1) is 7.11 Å². The molecule has 0 fully saturated rings. The predicted molar refractivity (Wildman–Crippen MR) is 54.8 cm³/mol. The van der Waals surface area contributed by atoms with E-state index in [1.54, 1.807) is 0 Å². The molecular formula is C11H15NO2. The summed E-state index contributed by atoms with van der Waals surface area (Å²) in [6.07, 6.45) is 0. The molecule has 0 aliphatic heterocycles. The quantitative estimate of drug-likeness (QED) is 0.736. The molecule has 1 rings (SSSR count). The van der Waals surface area contributed by atoms with Crippen LogP contribution in [0.4, 0.5) is 0 Å². The Labute approximate surface area is 83.9 Å². The van der Waals surface area contributed by atoms with Gasteiger partial charge in [-0.05, 0) is 5.56 Å². The zero-order valence-electron chi connectivity index (χ0n) is 8.44. The second kappa shape index (κ2) is 4.77. The highest BCUT2D eigenvalue weighted by Crippen LogP contribution is 2.17. The van der Waals surface area contributed by atoms with E-state index in [4.69, 9.17) is 5.73 Å². The largest absolute Gasteiger partial charge is 0.468 e. The number of nitrogens with two attached hydrogens (primary N) is 1. The molecule has 0 radical (unpaired) electrons. The van der Waals surface area contributed by atoms with E-state index in [9.17, 15) is 4.79 Å². The van der Waals surface area contributed by atoms with E-state index in [1.165, 1.54) is 7.11 Å². The van der Waals surface area contributed by atoms with Gasteiger partial charge in [-0.25, -0.2) is 0 Å². The molecule has 1 aromatic rings. The van der Waals surface area contributed by atoms with E-state index in [0.717, 1.165) is 5.56 Å². The molecule has 0 bridgehead atoms. The number of benzene rings is 1. The molecule has 2 N–H and O–H groups in total. The lowest BCUT2D eigenvalue weighted by atomic mass is 9.94. The number of methoxy groups -OCH3 is 1. The molecule has 3 heteroatoms. The van der Waals surface area contributed by atoms with Gasteiger partial charge in [0.1, 0.15) is 6.04 Å². The molecule has 0 aliphatic carbocycles. The third kappa shape index (κ3) is 2.33. The van der Waals surface area contributed by atoms with Crippen molar-refractivity contribution in [1.29, 1.82) is 0 Å². The number of ether oxygens (including phenoxy) is 1. The van der Waals surface area contributed by atoms with Crippen LogP contribution in [0, 0.1) is 0 Å². The molecule has 76 valence electrons. The summed E-state index contributed by atoms with van der Waals surface area (Å²) in [5.74, 6) is -0.398. The van der Waals surface area contributed by atoms with Crippen LogP contribution in [0.5, 0.6) is 0 Å². The van der Waals surface area contributed by atoms with Crippen molar-refractivity contribution in [1.82, 2.24) is 0 Å². The minimum Gasteiger partial charge on any atom is -0.468 e. The van der Waals surface area contributed by atoms with E-state index in [0.29, 0.717) is 0 Å². The molecule has 0 amide bonds. The summed E-state index contributed by atoms with van der Waals surface area (Å²) >= 11 is 0. The topological polar surface area (TPSA) is 52.3 Å². The van der Waals surface area contributed by atoms with Crippen molar-refractivity contribution in [2.24, 2.45) is 5.73 Å². The monoisotopic (exact) mass is 193 g/mol. The lowest BCUT2D eigenvalue weighted by Gasteiger charge is -2.17. The Morgan fingerprint density at radius 1 is 1.36 bits per heavy atom. The number of rotatable bonds is 3. The molecule has 0 aliphatic rings. The van der Waals surface area contributed by atoms with Crippen molar-refractivity contribution in [3.63, 3.8) is 0 Å². The van der Waals surface area contributed by atoms with E-state index in [1.807, 2.05) is 37.3 Å². The molecule has 3 nitrogen and oxygen atoms in total. The molecule has 0 saturated carbocycles. The molecule has 0 unspecified atom stereocenters.